The van der Waals surface area contributed by atoms with Crippen LogP contribution >= 0.6 is 11.3 Å². The molecular weight excluding hydrogens is 721 g/mol. The summed E-state index contributed by atoms with van der Waals surface area (Å²) in [4.78, 5) is 66.4. The highest BCUT2D eigenvalue weighted by Crippen LogP contribution is 2.41. The molecule has 1 aliphatic heterocycles. The van der Waals surface area contributed by atoms with Crippen molar-refractivity contribution in [2.75, 3.05) is 33.9 Å². The van der Waals surface area contributed by atoms with Gasteiger partial charge in [0.15, 0.2) is 0 Å². The number of fused-ring (bicyclic) bond motifs is 1. The van der Waals surface area contributed by atoms with Crippen molar-refractivity contribution in [1.29, 1.82) is 0 Å². The van der Waals surface area contributed by atoms with Crippen molar-refractivity contribution in [3.8, 4) is 22.5 Å². The first-order valence-electron chi connectivity index (χ1n) is 18.9. The molecule has 4 aromatic rings. The standard InChI is InChI=1S/C40H54N8O6S/c1-9-47-36(28-13-12-14-41-34(28)26(4)53-8)30(19-40(5,6)22-54-24-50)29-17-27(20-42-37(29)47)32-21-55-33(44-32)18-31(39(52)48-16-11-10-15-43-48)45-38(51)35(25(2)3)46(7)23-49/h12-14,17,20-21,23-26,31,35,43H,9-11,15-16,18-19,22H2,1-8H3,(H,45,51). The highest BCUT2D eigenvalue weighted by atomic mass is 32.1. The van der Waals surface area contributed by atoms with Crippen LogP contribution < -0.4 is 10.7 Å². The van der Waals surface area contributed by atoms with Crippen LogP contribution in [0.4, 0.5) is 0 Å². The first-order valence-corrected chi connectivity index (χ1v) is 19.7. The lowest BCUT2D eigenvalue weighted by Crippen LogP contribution is -2.58. The summed E-state index contributed by atoms with van der Waals surface area (Å²) < 4.78 is 13.2. The van der Waals surface area contributed by atoms with E-state index in [1.165, 1.54) is 16.2 Å². The lowest BCUT2D eigenvalue weighted by molar-refractivity contribution is -0.142. The maximum atomic E-state index is 13.9. The van der Waals surface area contributed by atoms with Gasteiger partial charge in [0.25, 0.3) is 12.4 Å². The van der Waals surface area contributed by atoms with Crippen molar-refractivity contribution in [1.82, 2.24) is 40.2 Å². The maximum absolute atomic E-state index is 13.9. The van der Waals surface area contributed by atoms with Crippen molar-refractivity contribution in [3.05, 3.63) is 52.2 Å². The molecule has 5 heterocycles. The number of hydrazine groups is 1. The molecule has 2 N–H and O–H groups in total. The number of thiazole rings is 1. The summed E-state index contributed by atoms with van der Waals surface area (Å²) in [5.41, 5.74) is 8.83. The highest BCUT2D eigenvalue weighted by molar-refractivity contribution is 7.10. The predicted octanol–water partition coefficient (Wildman–Crippen LogP) is 4.96. The second-order valence-electron chi connectivity index (χ2n) is 15.2. The quantitative estimate of drug-likeness (QED) is 0.132. The van der Waals surface area contributed by atoms with E-state index in [1.54, 1.807) is 25.4 Å². The maximum Gasteiger partial charge on any atom is 0.293 e. The molecule has 15 heteroatoms. The van der Waals surface area contributed by atoms with Gasteiger partial charge in [-0.3, -0.25) is 29.2 Å². The van der Waals surface area contributed by atoms with Crippen LogP contribution in [0.2, 0.25) is 0 Å². The summed E-state index contributed by atoms with van der Waals surface area (Å²) >= 11 is 1.41. The molecule has 0 aliphatic carbocycles. The Morgan fingerprint density at radius 1 is 1.18 bits per heavy atom. The van der Waals surface area contributed by atoms with Crippen LogP contribution in [-0.2, 0) is 48.0 Å². The number of hydrogen-bond donors (Lipinski definition) is 2. The Balaban J connectivity index is 1.56. The molecule has 3 unspecified atom stereocenters. The molecule has 14 nitrogen and oxygen atoms in total. The minimum absolute atomic E-state index is 0.169. The Kier molecular flexibility index (Phi) is 13.8. The van der Waals surface area contributed by atoms with E-state index in [2.05, 4.69) is 48.2 Å². The van der Waals surface area contributed by atoms with Crippen LogP contribution in [0.5, 0.6) is 0 Å². The monoisotopic (exact) mass is 774 g/mol. The number of nitrogens with one attached hydrogen (secondary N) is 2. The van der Waals surface area contributed by atoms with Gasteiger partial charge >= 0.3 is 0 Å². The molecule has 55 heavy (non-hydrogen) atoms. The van der Waals surface area contributed by atoms with Crippen molar-refractivity contribution in [3.63, 3.8) is 0 Å². The molecule has 0 bridgehead atoms. The van der Waals surface area contributed by atoms with Crippen LogP contribution in [-0.4, -0.2) is 100 Å². The van der Waals surface area contributed by atoms with Crippen LogP contribution in [0.3, 0.4) is 0 Å². The summed E-state index contributed by atoms with van der Waals surface area (Å²) in [7, 11) is 3.23. The summed E-state index contributed by atoms with van der Waals surface area (Å²) in [6, 6.07) is 4.44. The largest absolute Gasteiger partial charge is 0.467 e. The van der Waals surface area contributed by atoms with Crippen molar-refractivity contribution >= 4 is 47.1 Å². The molecule has 3 amide bonds. The van der Waals surface area contributed by atoms with Gasteiger partial charge in [0.2, 0.25) is 12.3 Å². The number of pyridine rings is 2. The minimum Gasteiger partial charge on any atom is -0.467 e. The van der Waals surface area contributed by atoms with Crippen molar-refractivity contribution < 1.29 is 28.7 Å². The lowest BCUT2D eigenvalue weighted by atomic mass is 9.84. The topological polar surface area (TPSA) is 161 Å². The van der Waals surface area contributed by atoms with Gasteiger partial charge in [0.05, 0.1) is 34.8 Å². The predicted molar refractivity (Wildman–Crippen MR) is 212 cm³/mol. The van der Waals surface area contributed by atoms with E-state index in [-0.39, 0.29) is 31.0 Å². The van der Waals surface area contributed by atoms with Crippen LogP contribution in [0.25, 0.3) is 33.5 Å². The van der Waals surface area contributed by atoms with E-state index in [4.69, 9.17) is 24.4 Å². The average Bonchev–Trinajstić information content (AvgIpc) is 3.77. The third kappa shape index (κ3) is 9.39. The smallest absolute Gasteiger partial charge is 0.293 e. The van der Waals surface area contributed by atoms with Gasteiger partial charge in [-0.1, -0.05) is 27.7 Å². The molecule has 0 spiro atoms. The van der Waals surface area contributed by atoms with Gasteiger partial charge in [-0.05, 0) is 62.8 Å². The summed E-state index contributed by atoms with van der Waals surface area (Å²) in [5, 5.41) is 8.09. The number of carbonyl (C=O) groups excluding carboxylic acids is 4. The Morgan fingerprint density at radius 3 is 2.62 bits per heavy atom. The molecule has 1 aliphatic rings. The zero-order valence-electron chi connectivity index (χ0n) is 33.1. The average molecular weight is 775 g/mol. The molecule has 0 saturated carbocycles. The van der Waals surface area contributed by atoms with E-state index < -0.39 is 23.4 Å². The summed E-state index contributed by atoms with van der Waals surface area (Å²) in [6.07, 6.45) is 6.52. The van der Waals surface area contributed by atoms with E-state index in [9.17, 15) is 19.2 Å². The Labute approximate surface area is 327 Å². The second-order valence-corrected chi connectivity index (χ2v) is 16.1. The van der Waals surface area contributed by atoms with Crippen LogP contribution in [0.1, 0.15) is 76.8 Å². The first-order chi connectivity index (χ1) is 26.3. The van der Waals surface area contributed by atoms with Gasteiger partial charge < -0.3 is 24.3 Å². The van der Waals surface area contributed by atoms with Crippen LogP contribution in [0.15, 0.2) is 36.0 Å². The minimum atomic E-state index is -0.897. The van der Waals surface area contributed by atoms with E-state index in [1.807, 2.05) is 38.4 Å². The molecule has 4 aromatic heterocycles. The number of methoxy groups -OCH3 is 1. The second kappa shape index (κ2) is 18.3. The van der Waals surface area contributed by atoms with E-state index >= 15 is 0 Å². The van der Waals surface area contributed by atoms with E-state index in [0.717, 1.165) is 52.0 Å². The number of hydrogen-bond acceptors (Lipinski definition) is 11. The SMILES string of the molecule is CCn1c(-c2cccnc2C(C)OC)c(CC(C)(C)COC=O)c2cc(-c3csc(CC(NC(=O)C(C(C)C)N(C)C=O)C(=O)N4CCCCN4)n3)cnc21. The lowest BCUT2D eigenvalue weighted by Gasteiger charge is -2.33. The molecule has 1 saturated heterocycles. The number of amides is 3. The van der Waals surface area contributed by atoms with E-state index in [0.29, 0.717) is 49.6 Å². The molecule has 3 atom stereocenters. The molecule has 0 radical (unpaired) electrons. The third-order valence-corrected chi connectivity index (χ3v) is 10.9. The van der Waals surface area contributed by atoms with Gasteiger partial charge in [-0.2, -0.15) is 0 Å². The molecule has 1 fully saturated rings. The normalized spacial score (nSPS) is 15.1. The number of aryl methyl sites for hydroxylation is 1. The van der Waals surface area contributed by atoms with Gasteiger partial charge in [-0.25, -0.2) is 15.4 Å². The number of ether oxygens (including phenoxy) is 2. The Morgan fingerprint density at radius 2 is 1.96 bits per heavy atom. The summed E-state index contributed by atoms with van der Waals surface area (Å²) in [6.45, 7) is 14.5. The van der Waals surface area contributed by atoms with Gasteiger partial charge in [-0.15, -0.1) is 11.3 Å². The number of nitrogens with zero attached hydrogens (tertiary/aromatic N) is 6. The Hall–Kier alpha value is -4.73. The number of likely N-dealkylation sites (N-methyl/N-ethyl adjacent to an activating group) is 1. The Bertz CT molecular complexity index is 1970. The highest BCUT2D eigenvalue weighted by Gasteiger charge is 2.34. The van der Waals surface area contributed by atoms with Crippen molar-refractivity contribution in [2.24, 2.45) is 11.3 Å². The molecular formula is C40H54N8O6S. The number of aromatic nitrogens is 4. The fourth-order valence-corrected chi connectivity index (χ4v) is 8.18. The molecule has 5 rings (SSSR count). The van der Waals surface area contributed by atoms with Gasteiger partial charge in [0, 0.05) is 79.9 Å². The summed E-state index contributed by atoms with van der Waals surface area (Å²) in [5.74, 6) is -0.813. The van der Waals surface area contributed by atoms with Gasteiger partial charge in [0.1, 0.15) is 17.7 Å². The first kappa shape index (κ1) is 41.4. The molecule has 296 valence electrons. The van der Waals surface area contributed by atoms with Crippen LogP contribution in [0, 0.1) is 11.3 Å². The molecule has 0 aromatic carbocycles. The number of carbonyl (C=O) groups is 4. The van der Waals surface area contributed by atoms with Crippen molar-refractivity contribution in [2.45, 2.75) is 92.0 Å². The zero-order chi connectivity index (χ0) is 39.9. The fourth-order valence-electron chi connectivity index (χ4n) is 7.33. The third-order valence-electron chi connectivity index (χ3n) is 10.1. The number of rotatable bonds is 18. The fraction of sp³-hybridized carbons (Fsp3) is 0.525. The zero-order valence-corrected chi connectivity index (χ0v) is 33.9.